The molecule has 1 aromatic carbocycles. The van der Waals surface area contributed by atoms with E-state index in [0.29, 0.717) is 11.6 Å². The van der Waals surface area contributed by atoms with Crippen LogP contribution in [0.3, 0.4) is 0 Å². The van der Waals surface area contributed by atoms with Gasteiger partial charge < -0.3 is 9.84 Å². The van der Waals surface area contributed by atoms with Gasteiger partial charge in [0, 0.05) is 30.0 Å². The minimum absolute atomic E-state index is 0.0564. The van der Waals surface area contributed by atoms with Crippen LogP contribution < -0.4 is 0 Å². The van der Waals surface area contributed by atoms with Gasteiger partial charge in [0.15, 0.2) is 0 Å². The summed E-state index contributed by atoms with van der Waals surface area (Å²) in [5.41, 5.74) is 0.897. The molecule has 1 spiro atoms. The van der Waals surface area contributed by atoms with E-state index in [-0.39, 0.29) is 23.4 Å². The topological polar surface area (TPSA) is 32.7 Å². The van der Waals surface area contributed by atoms with Crippen molar-refractivity contribution in [3.63, 3.8) is 0 Å². The largest absolute Gasteiger partial charge is 0.392 e. The van der Waals surface area contributed by atoms with Crippen molar-refractivity contribution in [3.05, 3.63) is 34.6 Å². The molecule has 1 N–H and O–H groups in total. The van der Waals surface area contributed by atoms with E-state index in [1.807, 2.05) is 6.92 Å². The van der Waals surface area contributed by atoms with Crippen molar-refractivity contribution in [2.24, 2.45) is 5.41 Å². The highest BCUT2D eigenvalue weighted by Crippen LogP contribution is 2.51. The highest BCUT2D eigenvalue weighted by Gasteiger charge is 2.55. The van der Waals surface area contributed by atoms with Crippen molar-refractivity contribution in [3.8, 4) is 0 Å². The lowest BCUT2D eigenvalue weighted by Gasteiger charge is -2.56. The smallest absolute Gasteiger partial charge is 0.124 e. The first-order valence-electron chi connectivity index (χ1n) is 8.01. The summed E-state index contributed by atoms with van der Waals surface area (Å²) >= 11 is 6.10. The molecular formula is C17H23ClFNO2. The first-order valence-corrected chi connectivity index (χ1v) is 8.39. The third kappa shape index (κ3) is 2.90. The zero-order chi connectivity index (χ0) is 15.7. The van der Waals surface area contributed by atoms with E-state index < -0.39 is 0 Å². The fourth-order valence-corrected chi connectivity index (χ4v) is 4.06. The molecule has 0 bridgehead atoms. The molecule has 1 aromatic rings. The fourth-order valence-electron chi connectivity index (χ4n) is 3.83. The van der Waals surface area contributed by atoms with Crippen molar-refractivity contribution < 1.29 is 14.2 Å². The average molecular weight is 328 g/mol. The van der Waals surface area contributed by atoms with Crippen LogP contribution in [0.15, 0.2) is 18.2 Å². The third-order valence-corrected chi connectivity index (χ3v) is 5.66. The van der Waals surface area contributed by atoms with Crippen molar-refractivity contribution in [1.82, 2.24) is 4.90 Å². The number of aliphatic hydroxyl groups excluding tert-OH is 1. The molecular weight excluding hydrogens is 305 g/mol. The van der Waals surface area contributed by atoms with Gasteiger partial charge in [0.25, 0.3) is 0 Å². The second-order valence-electron chi connectivity index (χ2n) is 6.44. The molecule has 122 valence electrons. The Morgan fingerprint density at radius 3 is 2.73 bits per heavy atom. The summed E-state index contributed by atoms with van der Waals surface area (Å²) < 4.78 is 18.9. The van der Waals surface area contributed by atoms with Crippen molar-refractivity contribution in [2.75, 3.05) is 19.7 Å². The van der Waals surface area contributed by atoms with Crippen LogP contribution in [0.5, 0.6) is 0 Å². The summed E-state index contributed by atoms with van der Waals surface area (Å²) in [6.45, 7) is 5.26. The third-order valence-electron chi connectivity index (χ3n) is 5.31. The summed E-state index contributed by atoms with van der Waals surface area (Å²) in [5.74, 6) is -0.302. The fraction of sp³-hybridized carbons (Fsp3) is 0.647. The van der Waals surface area contributed by atoms with E-state index in [4.69, 9.17) is 16.3 Å². The number of likely N-dealkylation sites (tertiary alicyclic amines) is 1. The van der Waals surface area contributed by atoms with Gasteiger partial charge in [0.2, 0.25) is 0 Å². The van der Waals surface area contributed by atoms with Gasteiger partial charge in [0.1, 0.15) is 5.82 Å². The van der Waals surface area contributed by atoms with E-state index in [1.165, 1.54) is 12.1 Å². The second kappa shape index (κ2) is 6.44. The lowest BCUT2D eigenvalue weighted by molar-refractivity contribution is -0.209. The Morgan fingerprint density at radius 2 is 2.14 bits per heavy atom. The number of aliphatic hydroxyl groups is 1. The minimum Gasteiger partial charge on any atom is -0.392 e. The van der Waals surface area contributed by atoms with E-state index in [2.05, 4.69) is 4.90 Å². The van der Waals surface area contributed by atoms with Gasteiger partial charge in [-0.3, -0.25) is 4.90 Å². The van der Waals surface area contributed by atoms with Gasteiger partial charge in [-0.1, -0.05) is 17.7 Å². The lowest BCUT2D eigenvalue weighted by Crippen LogP contribution is -2.62. The number of hydrogen-bond donors (Lipinski definition) is 1. The molecule has 0 radical (unpaired) electrons. The molecule has 3 rings (SSSR count). The Labute approximate surface area is 136 Å². The van der Waals surface area contributed by atoms with Crippen LogP contribution >= 0.6 is 11.6 Å². The number of hydrogen-bond acceptors (Lipinski definition) is 3. The van der Waals surface area contributed by atoms with Crippen LogP contribution in [0, 0.1) is 11.2 Å². The molecule has 2 fully saturated rings. The minimum atomic E-state index is -0.302. The highest BCUT2D eigenvalue weighted by atomic mass is 35.5. The van der Waals surface area contributed by atoms with E-state index in [9.17, 15) is 9.50 Å². The molecule has 1 saturated heterocycles. The average Bonchev–Trinajstić information content (AvgIpc) is 2.51. The molecule has 2 atom stereocenters. The van der Waals surface area contributed by atoms with Gasteiger partial charge in [-0.25, -0.2) is 4.39 Å². The predicted octanol–water partition coefficient (Wildman–Crippen LogP) is 3.23. The maximum atomic E-state index is 13.1. The number of benzene rings is 1. The number of ether oxygens (including phenoxy) is 1. The molecule has 1 aliphatic heterocycles. The Kier molecular flexibility index (Phi) is 4.74. The maximum Gasteiger partial charge on any atom is 0.124 e. The summed E-state index contributed by atoms with van der Waals surface area (Å²) in [7, 11) is 0. The van der Waals surface area contributed by atoms with E-state index in [0.717, 1.165) is 44.5 Å². The van der Waals surface area contributed by atoms with Crippen molar-refractivity contribution >= 4 is 11.6 Å². The number of rotatable bonds is 4. The van der Waals surface area contributed by atoms with Crippen LogP contribution in [0.2, 0.25) is 5.02 Å². The van der Waals surface area contributed by atoms with Gasteiger partial charge in [-0.05, 0) is 50.6 Å². The molecule has 5 heteroatoms. The zero-order valence-electron chi connectivity index (χ0n) is 12.9. The monoisotopic (exact) mass is 327 g/mol. The quantitative estimate of drug-likeness (QED) is 0.921. The molecule has 1 saturated carbocycles. The molecule has 2 unspecified atom stereocenters. The first-order chi connectivity index (χ1) is 10.5. The SMILES string of the molecule is CCOC1CC(O)C12CCN(Cc1ccc(F)cc1Cl)CC2. The number of piperidine rings is 1. The highest BCUT2D eigenvalue weighted by molar-refractivity contribution is 6.31. The molecule has 1 heterocycles. The second-order valence-corrected chi connectivity index (χ2v) is 6.85. The summed E-state index contributed by atoms with van der Waals surface area (Å²) in [4.78, 5) is 2.32. The van der Waals surface area contributed by atoms with Gasteiger partial charge in [-0.15, -0.1) is 0 Å². The summed E-state index contributed by atoms with van der Waals surface area (Å²) in [6.07, 6.45) is 2.61. The summed E-state index contributed by atoms with van der Waals surface area (Å²) in [5, 5.41) is 10.7. The Bertz CT molecular complexity index is 529. The van der Waals surface area contributed by atoms with Gasteiger partial charge in [0.05, 0.1) is 12.2 Å². The van der Waals surface area contributed by atoms with Gasteiger partial charge >= 0.3 is 0 Å². The maximum absolute atomic E-state index is 13.1. The Morgan fingerprint density at radius 1 is 1.41 bits per heavy atom. The number of halogens is 2. The van der Waals surface area contributed by atoms with Gasteiger partial charge in [-0.2, -0.15) is 0 Å². The van der Waals surface area contributed by atoms with Crippen LogP contribution in [0.1, 0.15) is 31.7 Å². The van der Waals surface area contributed by atoms with Crippen molar-refractivity contribution in [1.29, 1.82) is 0 Å². The zero-order valence-corrected chi connectivity index (χ0v) is 13.7. The molecule has 0 amide bonds. The van der Waals surface area contributed by atoms with Crippen molar-refractivity contribution in [2.45, 2.75) is 44.9 Å². The molecule has 1 aliphatic carbocycles. The van der Waals surface area contributed by atoms with E-state index in [1.54, 1.807) is 6.07 Å². The normalized spacial score (nSPS) is 27.8. The Balaban J connectivity index is 1.60. The summed E-state index contributed by atoms with van der Waals surface area (Å²) in [6, 6.07) is 4.57. The van der Waals surface area contributed by atoms with Crippen LogP contribution in [-0.4, -0.2) is 41.9 Å². The molecule has 3 nitrogen and oxygen atoms in total. The molecule has 2 aliphatic rings. The Hall–Kier alpha value is -0.680. The van der Waals surface area contributed by atoms with Crippen LogP contribution in [0.4, 0.5) is 4.39 Å². The molecule has 22 heavy (non-hydrogen) atoms. The first kappa shape index (κ1) is 16.2. The standard InChI is InChI=1S/C17H23ClFNO2/c1-2-22-16-10-15(21)17(16)5-7-20(8-6-17)11-12-3-4-13(19)9-14(12)18/h3-4,9,15-16,21H,2,5-8,10-11H2,1H3. The number of nitrogens with zero attached hydrogens (tertiary/aromatic N) is 1. The van der Waals surface area contributed by atoms with Crippen LogP contribution in [0.25, 0.3) is 0 Å². The van der Waals surface area contributed by atoms with Crippen LogP contribution in [-0.2, 0) is 11.3 Å². The van der Waals surface area contributed by atoms with E-state index >= 15 is 0 Å². The predicted molar refractivity (Wildman–Crippen MR) is 84.4 cm³/mol. The lowest BCUT2D eigenvalue weighted by atomic mass is 9.58. The molecule has 0 aromatic heterocycles.